The fraction of sp³-hybridized carbons (Fsp3) is 0.889. The summed E-state index contributed by atoms with van der Waals surface area (Å²) in [7, 11) is 3.53. The summed E-state index contributed by atoms with van der Waals surface area (Å²) >= 11 is 0. The highest BCUT2D eigenvalue weighted by molar-refractivity contribution is 5.80. The highest BCUT2D eigenvalue weighted by atomic mass is 16.2. The van der Waals surface area contributed by atoms with Crippen LogP contribution < -0.4 is 11.2 Å². The van der Waals surface area contributed by atoms with Crippen molar-refractivity contribution in [3.63, 3.8) is 0 Å². The maximum Gasteiger partial charge on any atom is 0.251 e. The summed E-state index contributed by atoms with van der Waals surface area (Å²) in [6.07, 6.45) is 0.687. The second-order valence-corrected chi connectivity index (χ2v) is 4.74. The maximum atomic E-state index is 11.4. The molecule has 4 heteroatoms. The lowest BCUT2D eigenvalue weighted by Crippen LogP contribution is -2.47. The molecule has 0 aromatic heterocycles. The molecule has 0 spiro atoms. The predicted octanol–water partition coefficient (Wildman–Crippen LogP) is 0.343. The molecule has 0 rings (SSSR count). The van der Waals surface area contributed by atoms with E-state index in [1.165, 1.54) is 0 Å². The molecule has 0 heterocycles. The maximum absolute atomic E-state index is 11.4. The predicted molar refractivity (Wildman–Crippen MR) is 53.9 cm³/mol. The molecule has 0 fully saturated rings. The number of hydrogen-bond acceptors (Lipinski definition) is 3. The van der Waals surface area contributed by atoms with Crippen molar-refractivity contribution in [2.24, 2.45) is 11.1 Å². The molecule has 0 aliphatic rings. The molecule has 4 nitrogen and oxygen atoms in total. The lowest BCUT2D eigenvalue weighted by molar-refractivity contribution is -0.126. The van der Waals surface area contributed by atoms with Crippen molar-refractivity contribution in [3.05, 3.63) is 0 Å². The molecule has 1 unspecified atom stereocenters. The molecule has 0 aliphatic carbocycles. The molecule has 0 aromatic carbocycles. The van der Waals surface area contributed by atoms with E-state index in [4.69, 9.17) is 5.73 Å². The quantitative estimate of drug-likeness (QED) is 0.626. The summed E-state index contributed by atoms with van der Waals surface area (Å²) in [6.45, 7) is 6.20. The number of hydrogen-bond donors (Lipinski definition) is 2. The van der Waals surface area contributed by atoms with E-state index < -0.39 is 6.04 Å². The van der Waals surface area contributed by atoms with Crippen LogP contribution in [0.2, 0.25) is 0 Å². The minimum Gasteiger partial charge on any atom is -0.320 e. The molecule has 78 valence electrons. The van der Waals surface area contributed by atoms with Gasteiger partial charge in [0.2, 0.25) is 0 Å². The van der Waals surface area contributed by atoms with Gasteiger partial charge in [-0.1, -0.05) is 20.8 Å². The van der Waals surface area contributed by atoms with Crippen molar-refractivity contribution in [3.8, 4) is 0 Å². The average molecular weight is 187 g/mol. The van der Waals surface area contributed by atoms with Gasteiger partial charge in [-0.2, -0.15) is 0 Å². The summed E-state index contributed by atoms with van der Waals surface area (Å²) < 4.78 is 0. The molecule has 0 aromatic rings. The number of carbonyl (C=O) groups is 1. The fourth-order valence-corrected chi connectivity index (χ4v) is 1.06. The van der Waals surface area contributed by atoms with E-state index in [0.29, 0.717) is 6.42 Å². The van der Waals surface area contributed by atoms with Crippen LogP contribution in [-0.2, 0) is 4.79 Å². The van der Waals surface area contributed by atoms with Gasteiger partial charge in [0, 0.05) is 14.1 Å². The van der Waals surface area contributed by atoms with Gasteiger partial charge in [0.1, 0.15) is 0 Å². The van der Waals surface area contributed by atoms with Crippen LogP contribution in [0.25, 0.3) is 0 Å². The normalized spacial score (nSPS) is 14.4. The zero-order valence-corrected chi connectivity index (χ0v) is 9.22. The zero-order chi connectivity index (χ0) is 10.6. The molecule has 0 bridgehead atoms. The smallest absolute Gasteiger partial charge is 0.251 e. The Balaban J connectivity index is 3.97. The van der Waals surface area contributed by atoms with Gasteiger partial charge >= 0.3 is 0 Å². The van der Waals surface area contributed by atoms with Crippen molar-refractivity contribution < 1.29 is 4.79 Å². The van der Waals surface area contributed by atoms with E-state index in [0.717, 1.165) is 0 Å². The first-order valence-electron chi connectivity index (χ1n) is 4.46. The van der Waals surface area contributed by atoms with Gasteiger partial charge in [-0.25, -0.2) is 5.01 Å². The molecule has 0 saturated carbocycles. The molecular weight excluding hydrogens is 166 g/mol. The molecule has 13 heavy (non-hydrogen) atoms. The third-order valence-corrected chi connectivity index (χ3v) is 1.50. The Morgan fingerprint density at radius 3 is 2.23 bits per heavy atom. The molecule has 1 amide bonds. The van der Waals surface area contributed by atoms with Gasteiger partial charge in [-0.3, -0.25) is 10.2 Å². The van der Waals surface area contributed by atoms with E-state index in [1.807, 2.05) is 0 Å². The Kier molecular flexibility index (Phi) is 4.36. The third-order valence-electron chi connectivity index (χ3n) is 1.50. The van der Waals surface area contributed by atoms with Gasteiger partial charge in [-0.15, -0.1) is 0 Å². The number of rotatable bonds is 3. The van der Waals surface area contributed by atoms with Crippen LogP contribution in [0.15, 0.2) is 0 Å². The Morgan fingerprint density at radius 2 is 1.92 bits per heavy atom. The number of nitrogens with one attached hydrogen (secondary N) is 1. The standard InChI is InChI=1S/C9H21N3O/c1-9(2,3)6-7(10)8(13)11-12(4)5/h7H,6,10H2,1-5H3,(H,11,13). The number of carbonyl (C=O) groups excluding carboxylic acids is 1. The summed E-state index contributed by atoms with van der Waals surface area (Å²) in [4.78, 5) is 11.4. The summed E-state index contributed by atoms with van der Waals surface area (Å²) in [5, 5.41) is 1.60. The van der Waals surface area contributed by atoms with Crippen LogP contribution in [0, 0.1) is 5.41 Å². The lowest BCUT2D eigenvalue weighted by Gasteiger charge is -2.23. The first-order valence-corrected chi connectivity index (χ1v) is 4.46. The van der Waals surface area contributed by atoms with E-state index in [-0.39, 0.29) is 11.3 Å². The first-order chi connectivity index (χ1) is 5.72. The van der Waals surface area contributed by atoms with Gasteiger partial charge in [0.15, 0.2) is 0 Å². The molecule has 3 N–H and O–H groups in total. The second-order valence-electron chi connectivity index (χ2n) is 4.74. The van der Waals surface area contributed by atoms with Crippen LogP contribution >= 0.6 is 0 Å². The van der Waals surface area contributed by atoms with Crippen molar-refractivity contribution in [2.45, 2.75) is 33.2 Å². The second kappa shape index (κ2) is 4.58. The monoisotopic (exact) mass is 187 g/mol. The van der Waals surface area contributed by atoms with Gasteiger partial charge < -0.3 is 5.73 Å². The van der Waals surface area contributed by atoms with Crippen molar-refractivity contribution >= 4 is 5.91 Å². The number of amides is 1. The van der Waals surface area contributed by atoms with Crippen molar-refractivity contribution in [1.82, 2.24) is 10.4 Å². The van der Waals surface area contributed by atoms with E-state index in [1.54, 1.807) is 19.1 Å². The molecule has 0 radical (unpaired) electrons. The van der Waals surface area contributed by atoms with Gasteiger partial charge in [0.05, 0.1) is 6.04 Å². The van der Waals surface area contributed by atoms with Crippen LogP contribution in [0.4, 0.5) is 0 Å². The summed E-state index contributed by atoms with van der Waals surface area (Å²) in [5.74, 6) is -0.125. The minimum absolute atomic E-state index is 0.0864. The molecule has 0 saturated heterocycles. The largest absolute Gasteiger partial charge is 0.320 e. The molecule has 1 atom stereocenters. The fourth-order valence-electron chi connectivity index (χ4n) is 1.06. The Bertz CT molecular complexity index is 172. The van der Waals surface area contributed by atoms with Crippen LogP contribution in [0.5, 0.6) is 0 Å². The van der Waals surface area contributed by atoms with Crippen LogP contribution in [0.3, 0.4) is 0 Å². The molecular formula is C9H21N3O. The highest BCUT2D eigenvalue weighted by Crippen LogP contribution is 2.19. The topological polar surface area (TPSA) is 58.4 Å². The van der Waals surface area contributed by atoms with E-state index >= 15 is 0 Å². The average Bonchev–Trinajstić information content (AvgIpc) is 1.81. The van der Waals surface area contributed by atoms with Gasteiger partial charge in [-0.05, 0) is 11.8 Å². The highest BCUT2D eigenvalue weighted by Gasteiger charge is 2.21. The Labute approximate surface area is 80.4 Å². The first kappa shape index (κ1) is 12.4. The van der Waals surface area contributed by atoms with Gasteiger partial charge in [0.25, 0.3) is 5.91 Å². The Hall–Kier alpha value is -0.610. The van der Waals surface area contributed by atoms with E-state index in [9.17, 15) is 4.79 Å². The van der Waals surface area contributed by atoms with Crippen LogP contribution in [0.1, 0.15) is 27.2 Å². The summed E-state index contributed by atoms with van der Waals surface area (Å²) in [5.41, 5.74) is 8.43. The molecule has 0 aliphatic heterocycles. The lowest BCUT2D eigenvalue weighted by atomic mass is 9.88. The SMILES string of the molecule is CN(C)NC(=O)C(N)CC(C)(C)C. The van der Waals surface area contributed by atoms with Crippen molar-refractivity contribution in [2.75, 3.05) is 14.1 Å². The Morgan fingerprint density at radius 1 is 1.46 bits per heavy atom. The third kappa shape index (κ3) is 6.54. The van der Waals surface area contributed by atoms with Crippen LogP contribution in [-0.4, -0.2) is 31.1 Å². The number of hydrazine groups is 1. The summed E-state index contributed by atoms with van der Waals surface area (Å²) in [6, 6.07) is -0.428. The van der Waals surface area contributed by atoms with E-state index in [2.05, 4.69) is 26.2 Å². The minimum atomic E-state index is -0.428. The zero-order valence-electron chi connectivity index (χ0n) is 9.22. The van der Waals surface area contributed by atoms with Crippen molar-refractivity contribution in [1.29, 1.82) is 0 Å². The number of nitrogens with two attached hydrogens (primary N) is 1. The number of nitrogens with zero attached hydrogens (tertiary/aromatic N) is 1.